The maximum atomic E-state index is 10.8. The maximum absolute atomic E-state index is 10.8. The Kier molecular flexibility index (Phi) is 3.09. The van der Waals surface area contributed by atoms with Gasteiger partial charge in [0.15, 0.2) is 0 Å². The molecule has 4 nitrogen and oxygen atoms in total. The molecule has 0 amide bonds. The highest BCUT2D eigenvalue weighted by Crippen LogP contribution is 2.23. The monoisotopic (exact) mass is 193 g/mol. The van der Waals surface area contributed by atoms with Crippen molar-refractivity contribution in [1.82, 2.24) is 0 Å². The summed E-state index contributed by atoms with van der Waals surface area (Å²) in [4.78, 5) is 0. The van der Waals surface area contributed by atoms with Gasteiger partial charge in [-0.2, -0.15) is 0 Å². The molecule has 1 aliphatic heterocycles. The van der Waals surface area contributed by atoms with Crippen LogP contribution in [0.3, 0.4) is 0 Å². The molecule has 1 saturated heterocycles. The minimum absolute atomic E-state index is 0.0610. The van der Waals surface area contributed by atoms with E-state index in [0.717, 1.165) is 12.8 Å². The summed E-state index contributed by atoms with van der Waals surface area (Å²) >= 11 is 0. The average molecular weight is 193 g/mol. The van der Waals surface area contributed by atoms with Crippen LogP contribution >= 0.6 is 0 Å². The summed E-state index contributed by atoms with van der Waals surface area (Å²) in [6.07, 6.45) is 1.76. The molecular formula is C7H15NO3S. The summed E-state index contributed by atoms with van der Waals surface area (Å²) in [5.41, 5.74) is 0. The van der Waals surface area contributed by atoms with E-state index in [-0.39, 0.29) is 17.8 Å². The minimum Gasteiger partial charge on any atom is -0.378 e. The van der Waals surface area contributed by atoms with Crippen molar-refractivity contribution in [3.63, 3.8) is 0 Å². The zero-order valence-corrected chi connectivity index (χ0v) is 8.01. The molecule has 0 radical (unpaired) electrons. The molecule has 5 heteroatoms. The minimum atomic E-state index is -3.33. The normalized spacial score (nSPS) is 30.8. The second kappa shape index (κ2) is 3.72. The van der Waals surface area contributed by atoms with Gasteiger partial charge in [0.25, 0.3) is 0 Å². The van der Waals surface area contributed by atoms with Crippen molar-refractivity contribution in [2.75, 3.05) is 12.4 Å². The van der Waals surface area contributed by atoms with Crippen LogP contribution in [0.15, 0.2) is 0 Å². The van der Waals surface area contributed by atoms with E-state index in [1.54, 1.807) is 0 Å². The SMILES string of the molecule is CCC1OCCC1CS(N)(=O)=O. The van der Waals surface area contributed by atoms with Gasteiger partial charge in [-0.15, -0.1) is 0 Å². The molecule has 12 heavy (non-hydrogen) atoms. The summed E-state index contributed by atoms with van der Waals surface area (Å²) < 4.78 is 26.9. The van der Waals surface area contributed by atoms with Crippen molar-refractivity contribution < 1.29 is 13.2 Å². The molecule has 1 heterocycles. The lowest BCUT2D eigenvalue weighted by Crippen LogP contribution is -2.27. The van der Waals surface area contributed by atoms with Crippen molar-refractivity contribution in [3.05, 3.63) is 0 Å². The van der Waals surface area contributed by atoms with Gasteiger partial charge < -0.3 is 4.74 Å². The fourth-order valence-electron chi connectivity index (χ4n) is 1.63. The highest BCUT2D eigenvalue weighted by Gasteiger charge is 2.29. The van der Waals surface area contributed by atoms with E-state index in [0.29, 0.717) is 6.61 Å². The second-order valence-corrected chi connectivity index (χ2v) is 4.85. The molecule has 0 aromatic carbocycles. The van der Waals surface area contributed by atoms with Crippen LogP contribution in [0.25, 0.3) is 0 Å². The first-order valence-corrected chi connectivity index (χ1v) is 5.86. The molecule has 0 aliphatic carbocycles. The van der Waals surface area contributed by atoms with Crippen molar-refractivity contribution in [2.45, 2.75) is 25.9 Å². The first kappa shape index (κ1) is 9.95. The van der Waals surface area contributed by atoms with E-state index >= 15 is 0 Å². The largest absolute Gasteiger partial charge is 0.378 e. The molecule has 1 rings (SSSR count). The van der Waals surface area contributed by atoms with Gasteiger partial charge in [-0.05, 0) is 12.8 Å². The van der Waals surface area contributed by atoms with Gasteiger partial charge in [-0.25, -0.2) is 13.6 Å². The van der Waals surface area contributed by atoms with E-state index in [1.807, 2.05) is 6.92 Å². The molecular weight excluding hydrogens is 178 g/mol. The third-order valence-corrected chi connectivity index (χ3v) is 3.09. The maximum Gasteiger partial charge on any atom is 0.209 e. The molecule has 1 aliphatic rings. The Bertz CT molecular complexity index is 237. The molecule has 2 atom stereocenters. The standard InChI is InChI=1S/C7H15NO3S/c1-2-7-6(3-4-11-7)5-12(8,9)10/h6-7H,2-5H2,1H3,(H2,8,9,10). The number of hydrogen-bond acceptors (Lipinski definition) is 3. The topological polar surface area (TPSA) is 69.4 Å². The van der Waals surface area contributed by atoms with Crippen molar-refractivity contribution in [3.8, 4) is 0 Å². The lowest BCUT2D eigenvalue weighted by atomic mass is 10.0. The first-order valence-electron chi connectivity index (χ1n) is 4.15. The van der Waals surface area contributed by atoms with Crippen molar-refractivity contribution in [1.29, 1.82) is 0 Å². The summed E-state index contributed by atoms with van der Waals surface area (Å²) in [6, 6.07) is 0. The smallest absolute Gasteiger partial charge is 0.209 e. The van der Waals surface area contributed by atoms with Gasteiger partial charge in [-0.3, -0.25) is 0 Å². The van der Waals surface area contributed by atoms with Gasteiger partial charge >= 0.3 is 0 Å². The molecule has 72 valence electrons. The molecule has 0 bridgehead atoms. The van der Waals surface area contributed by atoms with E-state index in [9.17, 15) is 8.42 Å². The Hall–Kier alpha value is -0.130. The predicted octanol–water partition coefficient (Wildman–Crippen LogP) is 0.0900. The Labute approximate surface area is 73.1 Å². The third-order valence-electron chi connectivity index (χ3n) is 2.20. The highest BCUT2D eigenvalue weighted by molar-refractivity contribution is 7.89. The molecule has 2 unspecified atom stereocenters. The van der Waals surface area contributed by atoms with Crippen molar-refractivity contribution >= 4 is 10.0 Å². The lowest BCUT2D eigenvalue weighted by Gasteiger charge is -2.14. The van der Waals surface area contributed by atoms with E-state index in [1.165, 1.54) is 0 Å². The fourth-order valence-corrected chi connectivity index (χ4v) is 2.61. The van der Waals surface area contributed by atoms with Crippen LogP contribution in [-0.2, 0) is 14.8 Å². The van der Waals surface area contributed by atoms with E-state index in [4.69, 9.17) is 9.88 Å². The number of hydrogen-bond donors (Lipinski definition) is 1. The Morgan fingerprint density at radius 1 is 1.58 bits per heavy atom. The van der Waals surface area contributed by atoms with Gasteiger partial charge in [0.2, 0.25) is 10.0 Å². The molecule has 0 saturated carbocycles. The van der Waals surface area contributed by atoms with Crippen LogP contribution in [0.5, 0.6) is 0 Å². The molecule has 1 fully saturated rings. The number of rotatable bonds is 3. The zero-order valence-electron chi connectivity index (χ0n) is 7.19. The van der Waals surface area contributed by atoms with Gasteiger partial charge in [-0.1, -0.05) is 6.92 Å². The van der Waals surface area contributed by atoms with Crippen LogP contribution in [0.1, 0.15) is 19.8 Å². The summed E-state index contributed by atoms with van der Waals surface area (Å²) in [5.74, 6) is 0.163. The second-order valence-electron chi connectivity index (χ2n) is 3.20. The molecule has 2 N–H and O–H groups in total. The summed E-state index contributed by atoms with van der Waals surface area (Å²) in [7, 11) is -3.33. The van der Waals surface area contributed by atoms with Gasteiger partial charge in [0, 0.05) is 12.5 Å². The van der Waals surface area contributed by atoms with Crippen LogP contribution in [0.2, 0.25) is 0 Å². The van der Waals surface area contributed by atoms with Gasteiger partial charge in [0.1, 0.15) is 0 Å². The van der Waals surface area contributed by atoms with E-state index < -0.39 is 10.0 Å². The molecule has 0 aromatic rings. The quantitative estimate of drug-likeness (QED) is 0.690. The number of ether oxygens (including phenoxy) is 1. The van der Waals surface area contributed by atoms with Gasteiger partial charge in [0.05, 0.1) is 11.9 Å². The van der Waals surface area contributed by atoms with Crippen LogP contribution in [0, 0.1) is 5.92 Å². The predicted molar refractivity (Wildman–Crippen MR) is 46.1 cm³/mol. The van der Waals surface area contributed by atoms with Crippen LogP contribution < -0.4 is 5.14 Å². The first-order chi connectivity index (χ1) is 5.53. The zero-order chi connectivity index (χ0) is 9.19. The number of sulfonamides is 1. The Morgan fingerprint density at radius 2 is 2.25 bits per heavy atom. The van der Waals surface area contributed by atoms with Crippen molar-refractivity contribution in [2.24, 2.45) is 11.1 Å². The highest BCUT2D eigenvalue weighted by atomic mass is 32.2. The Balaban J connectivity index is 2.52. The Morgan fingerprint density at radius 3 is 2.75 bits per heavy atom. The molecule has 0 aromatic heterocycles. The summed E-state index contributed by atoms with van der Waals surface area (Å²) in [5, 5.41) is 4.95. The fraction of sp³-hybridized carbons (Fsp3) is 1.00. The average Bonchev–Trinajstić information content (AvgIpc) is 2.31. The number of nitrogens with two attached hydrogens (primary N) is 1. The summed E-state index contributed by atoms with van der Waals surface area (Å²) in [6.45, 7) is 2.66. The van der Waals surface area contributed by atoms with Crippen LogP contribution in [-0.4, -0.2) is 26.9 Å². The third kappa shape index (κ3) is 2.73. The molecule has 0 spiro atoms. The lowest BCUT2D eigenvalue weighted by molar-refractivity contribution is 0.0917. The van der Waals surface area contributed by atoms with E-state index in [2.05, 4.69) is 0 Å². The van der Waals surface area contributed by atoms with Crippen LogP contribution in [0.4, 0.5) is 0 Å². The number of primary sulfonamides is 1.